The summed E-state index contributed by atoms with van der Waals surface area (Å²) >= 11 is 0. The van der Waals surface area contributed by atoms with Crippen LogP contribution in [0.4, 0.5) is 4.39 Å². The van der Waals surface area contributed by atoms with Crippen LogP contribution in [0.1, 0.15) is 48.0 Å². The highest BCUT2D eigenvalue weighted by atomic mass is 19.1. The molecule has 3 aromatic rings. The van der Waals surface area contributed by atoms with Crippen LogP contribution in [0.25, 0.3) is 11.5 Å². The fourth-order valence-corrected chi connectivity index (χ4v) is 3.99. The molecule has 1 unspecified atom stereocenters. The minimum atomic E-state index is -0.357. The van der Waals surface area contributed by atoms with Gasteiger partial charge in [0.05, 0.1) is 12.2 Å². The molecule has 162 valence electrons. The van der Waals surface area contributed by atoms with E-state index in [9.17, 15) is 9.18 Å². The summed E-state index contributed by atoms with van der Waals surface area (Å²) in [7, 11) is 0. The Morgan fingerprint density at radius 3 is 2.90 bits per heavy atom. The van der Waals surface area contributed by atoms with Crippen molar-refractivity contribution in [1.29, 1.82) is 0 Å². The van der Waals surface area contributed by atoms with Gasteiger partial charge in [-0.2, -0.15) is 0 Å². The van der Waals surface area contributed by atoms with Crippen molar-refractivity contribution in [1.82, 2.24) is 15.1 Å². The first-order valence-electron chi connectivity index (χ1n) is 10.7. The average molecular weight is 423 g/mol. The largest absolute Gasteiger partial charge is 0.493 e. The molecule has 1 fully saturated rings. The van der Waals surface area contributed by atoms with E-state index in [2.05, 4.69) is 10.2 Å². The van der Waals surface area contributed by atoms with Gasteiger partial charge in [0.15, 0.2) is 0 Å². The monoisotopic (exact) mass is 423 g/mol. The molecule has 1 aliphatic rings. The van der Waals surface area contributed by atoms with E-state index >= 15 is 0 Å². The van der Waals surface area contributed by atoms with Crippen molar-refractivity contribution in [3.05, 3.63) is 65.3 Å². The van der Waals surface area contributed by atoms with Crippen molar-refractivity contribution in [3.63, 3.8) is 0 Å². The molecule has 1 saturated heterocycles. The lowest BCUT2D eigenvalue weighted by atomic mass is 9.97. The normalized spacial score (nSPS) is 16.4. The Labute approximate surface area is 181 Å². The predicted molar refractivity (Wildman–Crippen MR) is 114 cm³/mol. The number of ether oxygens (including phenoxy) is 1. The van der Waals surface area contributed by atoms with Gasteiger partial charge in [-0.15, -0.1) is 10.2 Å². The highest BCUT2D eigenvalue weighted by Gasteiger charge is 2.30. The molecule has 1 atom stereocenters. The first-order valence-corrected chi connectivity index (χ1v) is 10.7. The molecule has 0 N–H and O–H groups in total. The van der Waals surface area contributed by atoms with E-state index in [-0.39, 0.29) is 23.7 Å². The number of nitrogens with zero attached hydrogens (tertiary/aromatic N) is 3. The topological polar surface area (TPSA) is 68.5 Å². The Hall–Kier alpha value is -3.22. The second-order valence-electron chi connectivity index (χ2n) is 7.80. The fraction of sp³-hybridized carbons (Fsp3) is 0.375. The maximum absolute atomic E-state index is 13.5. The minimum absolute atomic E-state index is 0.0435. The summed E-state index contributed by atoms with van der Waals surface area (Å²) in [6, 6.07) is 11.7. The first-order chi connectivity index (χ1) is 15.0. The summed E-state index contributed by atoms with van der Waals surface area (Å²) < 4.78 is 25.0. The quantitative estimate of drug-likeness (QED) is 0.569. The van der Waals surface area contributed by atoms with E-state index in [0.29, 0.717) is 42.3 Å². The molecule has 0 bridgehead atoms. The van der Waals surface area contributed by atoms with Gasteiger partial charge in [-0.1, -0.05) is 12.1 Å². The SMILES string of the molecule is CCOc1cc(C)ccc1C(=O)N1CCCCC1Cc1nnc(-c2cccc(F)c2)o1. The molecule has 0 radical (unpaired) electrons. The zero-order valence-corrected chi connectivity index (χ0v) is 17.8. The Bertz CT molecular complexity index is 1070. The van der Waals surface area contributed by atoms with Crippen LogP contribution in [0.2, 0.25) is 0 Å². The lowest BCUT2D eigenvalue weighted by Crippen LogP contribution is -2.45. The summed E-state index contributed by atoms with van der Waals surface area (Å²) in [4.78, 5) is 15.3. The lowest BCUT2D eigenvalue weighted by molar-refractivity contribution is 0.0601. The highest BCUT2D eigenvalue weighted by molar-refractivity contribution is 5.97. The third kappa shape index (κ3) is 4.76. The van der Waals surface area contributed by atoms with Gasteiger partial charge in [0.1, 0.15) is 11.6 Å². The molecule has 2 heterocycles. The van der Waals surface area contributed by atoms with Crippen LogP contribution in [0.3, 0.4) is 0 Å². The van der Waals surface area contributed by atoms with E-state index in [4.69, 9.17) is 9.15 Å². The van der Waals surface area contributed by atoms with Crippen LogP contribution in [0, 0.1) is 12.7 Å². The van der Waals surface area contributed by atoms with E-state index in [0.717, 1.165) is 24.8 Å². The molecule has 2 aromatic carbocycles. The van der Waals surface area contributed by atoms with Gasteiger partial charge in [-0.05, 0) is 69.0 Å². The Kier molecular flexibility index (Phi) is 6.30. The summed E-state index contributed by atoms with van der Waals surface area (Å²) in [5, 5.41) is 8.20. The maximum Gasteiger partial charge on any atom is 0.257 e. The number of carbonyl (C=O) groups excluding carboxylic acids is 1. The molecule has 4 rings (SSSR count). The van der Waals surface area contributed by atoms with Gasteiger partial charge < -0.3 is 14.1 Å². The number of benzene rings is 2. The van der Waals surface area contributed by atoms with Crippen LogP contribution in [-0.4, -0.2) is 40.2 Å². The molecule has 1 aromatic heterocycles. The number of amides is 1. The van der Waals surface area contributed by atoms with Crippen molar-refractivity contribution < 1.29 is 18.3 Å². The van der Waals surface area contributed by atoms with E-state index in [1.54, 1.807) is 12.1 Å². The summed E-state index contributed by atoms with van der Waals surface area (Å²) in [5.74, 6) is 0.934. The Morgan fingerprint density at radius 1 is 1.23 bits per heavy atom. The van der Waals surface area contributed by atoms with Crippen LogP contribution in [-0.2, 0) is 6.42 Å². The number of rotatable bonds is 6. The number of hydrogen-bond donors (Lipinski definition) is 0. The third-order valence-electron chi connectivity index (χ3n) is 5.50. The zero-order chi connectivity index (χ0) is 21.8. The zero-order valence-electron chi connectivity index (χ0n) is 17.8. The summed E-state index contributed by atoms with van der Waals surface area (Å²) in [6.45, 7) is 5.06. The van der Waals surface area contributed by atoms with Crippen molar-refractivity contribution in [3.8, 4) is 17.2 Å². The Morgan fingerprint density at radius 2 is 2.10 bits per heavy atom. The second kappa shape index (κ2) is 9.29. The van der Waals surface area contributed by atoms with Gasteiger partial charge >= 0.3 is 0 Å². The average Bonchev–Trinajstić information content (AvgIpc) is 3.23. The molecular weight excluding hydrogens is 397 g/mol. The number of hydrogen-bond acceptors (Lipinski definition) is 5. The molecule has 1 aliphatic heterocycles. The van der Waals surface area contributed by atoms with Crippen LogP contribution in [0.15, 0.2) is 46.9 Å². The molecule has 0 spiro atoms. The lowest BCUT2D eigenvalue weighted by Gasteiger charge is -2.35. The minimum Gasteiger partial charge on any atom is -0.493 e. The van der Waals surface area contributed by atoms with Crippen molar-refractivity contribution in [2.24, 2.45) is 0 Å². The van der Waals surface area contributed by atoms with Crippen LogP contribution >= 0.6 is 0 Å². The van der Waals surface area contributed by atoms with Gasteiger partial charge in [0.2, 0.25) is 11.8 Å². The molecule has 31 heavy (non-hydrogen) atoms. The molecular formula is C24H26FN3O3. The number of likely N-dealkylation sites (tertiary alicyclic amines) is 1. The third-order valence-corrected chi connectivity index (χ3v) is 5.50. The summed E-state index contributed by atoms with van der Waals surface area (Å²) in [6.07, 6.45) is 3.31. The van der Waals surface area contributed by atoms with Crippen LogP contribution in [0.5, 0.6) is 5.75 Å². The van der Waals surface area contributed by atoms with E-state index in [1.165, 1.54) is 12.1 Å². The summed E-state index contributed by atoms with van der Waals surface area (Å²) in [5.41, 5.74) is 2.16. The number of aryl methyl sites for hydroxylation is 1. The van der Waals surface area contributed by atoms with Gasteiger partial charge in [-0.3, -0.25) is 4.79 Å². The van der Waals surface area contributed by atoms with Crippen LogP contribution < -0.4 is 4.74 Å². The fourth-order valence-electron chi connectivity index (χ4n) is 3.99. The number of carbonyl (C=O) groups is 1. The predicted octanol–water partition coefficient (Wildman–Crippen LogP) is 4.82. The highest BCUT2D eigenvalue weighted by Crippen LogP contribution is 2.28. The standard InChI is InChI=1S/C24H26FN3O3/c1-3-30-21-13-16(2)10-11-20(21)24(29)28-12-5-4-9-19(28)15-22-26-27-23(31-22)17-7-6-8-18(25)14-17/h6-8,10-11,13-14,19H,3-5,9,12,15H2,1-2H3. The number of piperidine rings is 1. The molecule has 1 amide bonds. The molecule has 6 nitrogen and oxygen atoms in total. The van der Waals surface area contributed by atoms with Gasteiger partial charge in [0.25, 0.3) is 5.91 Å². The van der Waals surface area contributed by atoms with Crippen molar-refractivity contribution in [2.45, 2.75) is 45.6 Å². The molecule has 0 saturated carbocycles. The maximum atomic E-state index is 13.5. The number of aromatic nitrogens is 2. The van der Waals surface area contributed by atoms with E-state index in [1.807, 2.05) is 36.9 Å². The molecule has 0 aliphatic carbocycles. The molecule has 7 heteroatoms. The second-order valence-corrected chi connectivity index (χ2v) is 7.80. The van der Waals surface area contributed by atoms with Gasteiger partial charge in [-0.25, -0.2) is 4.39 Å². The van der Waals surface area contributed by atoms with Crippen molar-refractivity contribution in [2.75, 3.05) is 13.2 Å². The first kappa shape index (κ1) is 21.0. The smallest absolute Gasteiger partial charge is 0.257 e. The number of halogens is 1. The van der Waals surface area contributed by atoms with E-state index < -0.39 is 0 Å². The van der Waals surface area contributed by atoms with Crippen molar-refractivity contribution >= 4 is 5.91 Å². The van der Waals surface area contributed by atoms with Gasteiger partial charge in [0, 0.05) is 24.6 Å². The Balaban J connectivity index is 1.54.